The standard InChI is InChI=1S/C9H12N4O/c10-6-8(13-11)9(14)12-7-4-2-1-3-5-7/h7H,1-5H2,(H,12,14). The van der Waals surface area contributed by atoms with Crippen molar-refractivity contribution in [2.45, 2.75) is 38.1 Å². The zero-order valence-electron chi connectivity index (χ0n) is 7.86. The average molecular weight is 192 g/mol. The lowest BCUT2D eigenvalue weighted by Gasteiger charge is -2.21. The van der Waals surface area contributed by atoms with E-state index < -0.39 is 11.6 Å². The van der Waals surface area contributed by atoms with Crippen molar-refractivity contribution in [3.8, 4) is 6.07 Å². The number of amides is 1. The molecule has 1 aliphatic rings. The van der Waals surface area contributed by atoms with Gasteiger partial charge in [0, 0.05) is 6.04 Å². The molecule has 0 saturated heterocycles. The molecule has 0 aromatic rings. The molecule has 0 radical (unpaired) electrons. The predicted molar refractivity (Wildman–Crippen MR) is 49.3 cm³/mol. The molecular weight excluding hydrogens is 180 g/mol. The van der Waals surface area contributed by atoms with Gasteiger partial charge in [-0.1, -0.05) is 19.3 Å². The highest BCUT2D eigenvalue weighted by molar-refractivity contribution is 6.42. The minimum absolute atomic E-state index is 0.126. The molecule has 1 amide bonds. The average Bonchev–Trinajstić information content (AvgIpc) is 2.21. The van der Waals surface area contributed by atoms with Gasteiger partial charge in [0.25, 0.3) is 0 Å². The van der Waals surface area contributed by atoms with E-state index in [2.05, 4.69) is 10.1 Å². The van der Waals surface area contributed by atoms with Crippen LogP contribution in [0.2, 0.25) is 0 Å². The predicted octanol–water partition coefficient (Wildman–Crippen LogP) is 0.630. The third-order valence-corrected chi connectivity index (χ3v) is 2.36. The Labute approximate surface area is 82.3 Å². The number of nitriles is 1. The Morgan fingerprint density at radius 1 is 1.43 bits per heavy atom. The van der Waals surface area contributed by atoms with Crippen molar-refractivity contribution < 1.29 is 9.58 Å². The summed E-state index contributed by atoms with van der Waals surface area (Å²) in [5, 5.41) is 11.1. The van der Waals surface area contributed by atoms with Crippen molar-refractivity contribution in [2.24, 2.45) is 0 Å². The normalized spacial score (nSPS) is 16.5. The third-order valence-electron chi connectivity index (χ3n) is 2.36. The van der Waals surface area contributed by atoms with Gasteiger partial charge in [-0.15, -0.1) is 4.79 Å². The fourth-order valence-corrected chi connectivity index (χ4v) is 1.62. The Morgan fingerprint density at radius 2 is 2.07 bits per heavy atom. The first-order valence-corrected chi connectivity index (χ1v) is 4.71. The molecule has 1 N–H and O–H groups in total. The molecule has 0 spiro atoms. The van der Waals surface area contributed by atoms with Gasteiger partial charge >= 0.3 is 11.6 Å². The van der Waals surface area contributed by atoms with Crippen LogP contribution in [0.4, 0.5) is 0 Å². The molecule has 0 aliphatic heterocycles. The minimum atomic E-state index is -0.582. The van der Waals surface area contributed by atoms with E-state index >= 15 is 0 Å². The zero-order chi connectivity index (χ0) is 10.4. The summed E-state index contributed by atoms with van der Waals surface area (Å²) >= 11 is 0. The molecule has 1 saturated carbocycles. The monoisotopic (exact) mass is 192 g/mol. The van der Waals surface area contributed by atoms with E-state index in [4.69, 9.17) is 10.8 Å². The minimum Gasteiger partial charge on any atom is -0.360 e. The molecule has 1 rings (SSSR count). The van der Waals surface area contributed by atoms with Gasteiger partial charge in [-0.05, 0) is 12.8 Å². The van der Waals surface area contributed by atoms with Crippen molar-refractivity contribution in [1.82, 2.24) is 5.32 Å². The fourth-order valence-electron chi connectivity index (χ4n) is 1.62. The van der Waals surface area contributed by atoms with E-state index in [0.29, 0.717) is 0 Å². The number of nitrogens with one attached hydrogen (secondary N) is 1. The Hall–Kier alpha value is -1.66. The van der Waals surface area contributed by atoms with Crippen molar-refractivity contribution in [1.29, 1.82) is 5.26 Å². The highest BCUT2D eigenvalue weighted by Gasteiger charge is 2.23. The topological polar surface area (TPSA) is 89.3 Å². The first-order valence-electron chi connectivity index (χ1n) is 4.71. The lowest BCUT2D eigenvalue weighted by Crippen LogP contribution is -2.40. The van der Waals surface area contributed by atoms with Gasteiger partial charge in [0.15, 0.2) is 6.07 Å². The lowest BCUT2D eigenvalue weighted by atomic mass is 9.95. The smallest absolute Gasteiger partial charge is 0.360 e. The highest BCUT2D eigenvalue weighted by atomic mass is 16.1. The highest BCUT2D eigenvalue weighted by Crippen LogP contribution is 2.17. The largest absolute Gasteiger partial charge is 0.455 e. The van der Waals surface area contributed by atoms with Gasteiger partial charge in [0.2, 0.25) is 0 Å². The summed E-state index contributed by atoms with van der Waals surface area (Å²) in [6, 6.07) is 1.66. The summed E-state index contributed by atoms with van der Waals surface area (Å²) < 4.78 is 0. The maximum absolute atomic E-state index is 11.2. The molecule has 0 unspecified atom stereocenters. The van der Waals surface area contributed by atoms with Crippen molar-refractivity contribution in [3.63, 3.8) is 0 Å². The van der Waals surface area contributed by atoms with E-state index in [-0.39, 0.29) is 6.04 Å². The van der Waals surface area contributed by atoms with Crippen LogP contribution in [0, 0.1) is 11.3 Å². The number of hydrogen-bond acceptors (Lipinski definition) is 2. The van der Waals surface area contributed by atoms with Crippen LogP contribution in [0.5, 0.6) is 0 Å². The molecule has 74 valence electrons. The van der Waals surface area contributed by atoms with Crippen LogP contribution < -0.4 is 5.32 Å². The number of carbonyl (C=O) groups excluding carboxylic acids is 1. The molecule has 0 aromatic heterocycles. The summed E-state index contributed by atoms with van der Waals surface area (Å²) in [6.45, 7) is 0. The van der Waals surface area contributed by atoms with E-state index in [1.807, 2.05) is 0 Å². The molecule has 5 heteroatoms. The Morgan fingerprint density at radius 3 is 2.57 bits per heavy atom. The molecule has 0 bridgehead atoms. The molecule has 14 heavy (non-hydrogen) atoms. The molecule has 1 fully saturated rings. The molecule has 0 aromatic carbocycles. The number of carbonyl (C=O) groups is 1. The number of hydrogen-bond donors (Lipinski definition) is 1. The molecular formula is C9H12N4O. The summed E-state index contributed by atoms with van der Waals surface area (Å²) in [5.74, 6) is -0.582. The fraction of sp³-hybridized carbons (Fsp3) is 0.667. The lowest BCUT2D eigenvalue weighted by molar-refractivity contribution is -0.119. The van der Waals surface area contributed by atoms with Crippen LogP contribution in [0.1, 0.15) is 32.1 Å². The van der Waals surface area contributed by atoms with Crippen molar-refractivity contribution >= 4 is 11.6 Å². The van der Waals surface area contributed by atoms with Crippen LogP contribution in [0.25, 0.3) is 5.53 Å². The maximum atomic E-state index is 11.2. The Bertz CT molecular complexity index is 305. The van der Waals surface area contributed by atoms with Gasteiger partial charge in [0.05, 0.1) is 0 Å². The van der Waals surface area contributed by atoms with Gasteiger partial charge in [-0.2, -0.15) is 5.26 Å². The summed E-state index contributed by atoms with van der Waals surface area (Å²) in [5.41, 5.74) is 7.85. The van der Waals surface area contributed by atoms with Crippen molar-refractivity contribution in [2.75, 3.05) is 0 Å². The van der Waals surface area contributed by atoms with Crippen molar-refractivity contribution in [3.05, 3.63) is 5.53 Å². The van der Waals surface area contributed by atoms with Crippen LogP contribution in [-0.4, -0.2) is 22.5 Å². The number of nitrogens with zero attached hydrogens (tertiary/aromatic N) is 3. The van der Waals surface area contributed by atoms with Gasteiger partial charge in [-0.3, -0.25) is 4.79 Å². The second kappa shape index (κ2) is 5.15. The second-order valence-corrected chi connectivity index (χ2v) is 3.37. The Kier molecular flexibility index (Phi) is 3.84. The van der Waals surface area contributed by atoms with Crippen LogP contribution in [-0.2, 0) is 4.79 Å². The van der Waals surface area contributed by atoms with E-state index in [9.17, 15) is 4.79 Å². The van der Waals surface area contributed by atoms with E-state index in [0.717, 1.165) is 25.7 Å². The zero-order valence-corrected chi connectivity index (χ0v) is 7.86. The SMILES string of the molecule is N#CC(=[N+]=[N-])C(=O)NC1CCCCC1. The Balaban J connectivity index is 2.48. The van der Waals surface area contributed by atoms with Crippen LogP contribution in [0.15, 0.2) is 0 Å². The quantitative estimate of drug-likeness (QED) is 0.395. The first-order chi connectivity index (χ1) is 6.77. The van der Waals surface area contributed by atoms with E-state index in [1.54, 1.807) is 0 Å². The molecule has 0 heterocycles. The van der Waals surface area contributed by atoms with E-state index in [1.165, 1.54) is 12.5 Å². The second-order valence-electron chi connectivity index (χ2n) is 3.37. The number of rotatable bonds is 2. The summed E-state index contributed by atoms with van der Waals surface area (Å²) in [4.78, 5) is 13.9. The summed E-state index contributed by atoms with van der Waals surface area (Å²) in [7, 11) is 0. The van der Waals surface area contributed by atoms with Crippen LogP contribution in [0.3, 0.4) is 0 Å². The maximum Gasteiger partial charge on any atom is 0.455 e. The summed E-state index contributed by atoms with van der Waals surface area (Å²) in [6.07, 6.45) is 5.28. The van der Waals surface area contributed by atoms with Gasteiger partial charge in [0.1, 0.15) is 0 Å². The molecule has 0 atom stereocenters. The van der Waals surface area contributed by atoms with Crippen LogP contribution >= 0.6 is 0 Å². The molecule has 1 aliphatic carbocycles. The third kappa shape index (κ3) is 2.68. The van der Waals surface area contributed by atoms with Gasteiger partial charge in [-0.25, -0.2) is 0 Å². The van der Waals surface area contributed by atoms with Gasteiger partial charge < -0.3 is 10.8 Å². The molecule has 5 nitrogen and oxygen atoms in total. The first kappa shape index (κ1) is 10.4.